The molecule has 0 radical (unpaired) electrons. The average molecular weight is 360 g/mol. The number of likely N-dealkylation sites (tertiary alicyclic amines) is 1. The number of benzene rings is 1. The van der Waals surface area contributed by atoms with Crippen molar-refractivity contribution in [1.82, 2.24) is 4.90 Å². The van der Waals surface area contributed by atoms with Crippen LogP contribution in [0.3, 0.4) is 0 Å². The van der Waals surface area contributed by atoms with E-state index in [1.807, 2.05) is 13.0 Å². The normalized spacial score (nSPS) is 32.5. The summed E-state index contributed by atoms with van der Waals surface area (Å²) in [6.45, 7) is 4.45. The summed E-state index contributed by atoms with van der Waals surface area (Å²) in [6.07, 6.45) is 6.14. The smallest absolute Gasteiger partial charge is 0.230 e. The first-order valence-corrected chi connectivity index (χ1v) is 9.99. The van der Waals surface area contributed by atoms with E-state index in [0.29, 0.717) is 11.9 Å². The van der Waals surface area contributed by atoms with E-state index in [1.54, 1.807) is 6.07 Å². The van der Waals surface area contributed by atoms with Crippen molar-refractivity contribution in [3.05, 3.63) is 29.6 Å². The number of aryl methyl sites for hydroxylation is 1. The summed E-state index contributed by atoms with van der Waals surface area (Å²) in [5, 5.41) is 9.75. The van der Waals surface area contributed by atoms with Crippen LogP contribution < -0.4 is 4.90 Å². The highest BCUT2D eigenvalue weighted by atomic mass is 19.1. The van der Waals surface area contributed by atoms with Crippen LogP contribution in [0.25, 0.3) is 0 Å². The minimum atomic E-state index is -0.283. The molecule has 2 saturated heterocycles. The number of anilines is 1. The van der Waals surface area contributed by atoms with Gasteiger partial charge in [0.1, 0.15) is 5.82 Å². The third-order valence-electron chi connectivity index (χ3n) is 6.73. The molecule has 4 rings (SSSR count). The molecule has 1 aromatic rings. The van der Waals surface area contributed by atoms with Gasteiger partial charge in [-0.15, -0.1) is 0 Å². The Morgan fingerprint density at radius 2 is 1.92 bits per heavy atom. The van der Waals surface area contributed by atoms with Gasteiger partial charge in [0, 0.05) is 31.4 Å². The fourth-order valence-electron chi connectivity index (χ4n) is 5.26. The summed E-state index contributed by atoms with van der Waals surface area (Å²) in [4.78, 5) is 17.7. The van der Waals surface area contributed by atoms with Crippen molar-refractivity contribution in [2.45, 2.75) is 64.0 Å². The van der Waals surface area contributed by atoms with Gasteiger partial charge >= 0.3 is 0 Å². The maximum Gasteiger partial charge on any atom is 0.230 e. The molecule has 1 amide bonds. The van der Waals surface area contributed by atoms with Gasteiger partial charge in [-0.2, -0.15) is 0 Å². The third kappa shape index (κ3) is 3.11. The Labute approximate surface area is 155 Å². The first-order valence-electron chi connectivity index (χ1n) is 9.99. The van der Waals surface area contributed by atoms with Gasteiger partial charge in [-0.05, 0) is 75.6 Å². The maximum atomic E-state index is 13.5. The molecule has 0 bridgehead atoms. The fourth-order valence-corrected chi connectivity index (χ4v) is 5.26. The second-order valence-corrected chi connectivity index (χ2v) is 8.45. The van der Waals surface area contributed by atoms with Crippen molar-refractivity contribution in [3.63, 3.8) is 0 Å². The van der Waals surface area contributed by atoms with E-state index in [4.69, 9.17) is 0 Å². The molecule has 1 aromatic carbocycles. The molecule has 1 N–H and O–H groups in total. The lowest BCUT2D eigenvalue weighted by Gasteiger charge is -2.42. The molecule has 1 spiro atoms. The number of aliphatic hydroxyl groups excluding tert-OH is 1. The topological polar surface area (TPSA) is 43.8 Å². The predicted octanol–water partition coefficient (Wildman–Crippen LogP) is 3.26. The molecule has 26 heavy (non-hydrogen) atoms. The van der Waals surface area contributed by atoms with Crippen LogP contribution in [-0.2, 0) is 4.79 Å². The van der Waals surface area contributed by atoms with Gasteiger partial charge in [0.2, 0.25) is 5.91 Å². The van der Waals surface area contributed by atoms with Gasteiger partial charge in [-0.1, -0.05) is 0 Å². The second kappa shape index (κ2) is 6.84. The van der Waals surface area contributed by atoms with E-state index < -0.39 is 0 Å². The SMILES string of the molecule is Cc1cc(F)ccc1N1CCCC2(CCN(C3CCC(O)CC3)C2=O)C1. The molecular weight excluding hydrogens is 331 g/mol. The number of piperidine rings is 1. The number of aliphatic hydroxyl groups is 1. The molecule has 4 nitrogen and oxygen atoms in total. The molecular formula is C21H29FN2O2. The van der Waals surface area contributed by atoms with Crippen LogP contribution in [0.2, 0.25) is 0 Å². The Bertz CT molecular complexity index is 687. The average Bonchev–Trinajstić information content (AvgIpc) is 2.92. The van der Waals surface area contributed by atoms with E-state index in [0.717, 1.165) is 75.8 Å². The summed E-state index contributed by atoms with van der Waals surface area (Å²) >= 11 is 0. The Kier molecular flexibility index (Phi) is 4.68. The summed E-state index contributed by atoms with van der Waals surface area (Å²) in [5.41, 5.74) is 1.71. The van der Waals surface area contributed by atoms with E-state index in [2.05, 4.69) is 9.80 Å². The highest BCUT2D eigenvalue weighted by molar-refractivity contribution is 5.86. The van der Waals surface area contributed by atoms with Crippen LogP contribution in [0.5, 0.6) is 0 Å². The van der Waals surface area contributed by atoms with Gasteiger partial charge in [-0.3, -0.25) is 4.79 Å². The Morgan fingerprint density at radius 3 is 2.65 bits per heavy atom. The van der Waals surface area contributed by atoms with Crippen LogP contribution >= 0.6 is 0 Å². The molecule has 1 saturated carbocycles. The number of amides is 1. The lowest BCUT2D eigenvalue weighted by molar-refractivity contribution is -0.139. The van der Waals surface area contributed by atoms with Crippen molar-refractivity contribution in [3.8, 4) is 0 Å². The molecule has 1 aliphatic carbocycles. The number of hydrogen-bond donors (Lipinski definition) is 1. The highest BCUT2D eigenvalue weighted by Gasteiger charge is 2.50. The standard InChI is InChI=1S/C21H29FN2O2/c1-15-13-16(22)3-8-19(15)23-11-2-9-21(14-23)10-12-24(20(21)26)17-4-6-18(25)7-5-17/h3,8,13,17-18,25H,2,4-7,9-12,14H2,1H3. The Morgan fingerprint density at radius 1 is 1.15 bits per heavy atom. The number of hydrogen-bond acceptors (Lipinski definition) is 3. The van der Waals surface area contributed by atoms with Crippen LogP contribution in [0.15, 0.2) is 18.2 Å². The molecule has 5 heteroatoms. The van der Waals surface area contributed by atoms with Crippen LogP contribution in [0.1, 0.15) is 50.5 Å². The van der Waals surface area contributed by atoms with Gasteiger partial charge in [0.05, 0.1) is 11.5 Å². The fraction of sp³-hybridized carbons (Fsp3) is 0.667. The molecule has 2 heterocycles. The molecule has 1 atom stereocenters. The predicted molar refractivity (Wildman–Crippen MR) is 99.6 cm³/mol. The lowest BCUT2D eigenvalue weighted by Crippen LogP contribution is -2.50. The maximum absolute atomic E-state index is 13.5. The van der Waals surface area contributed by atoms with Crippen molar-refractivity contribution in [1.29, 1.82) is 0 Å². The third-order valence-corrected chi connectivity index (χ3v) is 6.73. The van der Waals surface area contributed by atoms with Crippen molar-refractivity contribution in [2.24, 2.45) is 5.41 Å². The molecule has 2 aliphatic heterocycles. The number of nitrogens with zero attached hydrogens (tertiary/aromatic N) is 2. The zero-order chi connectivity index (χ0) is 18.3. The van der Waals surface area contributed by atoms with Gasteiger partial charge in [0.25, 0.3) is 0 Å². The number of halogens is 1. The zero-order valence-electron chi connectivity index (χ0n) is 15.6. The quantitative estimate of drug-likeness (QED) is 0.880. The summed E-state index contributed by atoms with van der Waals surface area (Å²) in [6, 6.07) is 5.24. The largest absolute Gasteiger partial charge is 0.393 e. The van der Waals surface area contributed by atoms with Crippen molar-refractivity contribution >= 4 is 11.6 Å². The van der Waals surface area contributed by atoms with Gasteiger partial charge < -0.3 is 14.9 Å². The molecule has 3 aliphatic rings. The monoisotopic (exact) mass is 360 g/mol. The number of carbonyl (C=O) groups excluding carboxylic acids is 1. The summed E-state index contributed by atoms with van der Waals surface area (Å²) in [7, 11) is 0. The van der Waals surface area contributed by atoms with Crippen molar-refractivity contribution in [2.75, 3.05) is 24.5 Å². The lowest BCUT2D eigenvalue weighted by atomic mass is 9.78. The van der Waals surface area contributed by atoms with Gasteiger partial charge in [0.15, 0.2) is 0 Å². The number of rotatable bonds is 2. The van der Waals surface area contributed by atoms with E-state index in [9.17, 15) is 14.3 Å². The van der Waals surface area contributed by atoms with E-state index in [1.165, 1.54) is 6.07 Å². The minimum absolute atomic E-state index is 0.190. The van der Waals surface area contributed by atoms with Crippen LogP contribution in [-0.4, -0.2) is 47.7 Å². The van der Waals surface area contributed by atoms with Crippen LogP contribution in [0.4, 0.5) is 10.1 Å². The van der Waals surface area contributed by atoms with E-state index in [-0.39, 0.29) is 17.3 Å². The minimum Gasteiger partial charge on any atom is -0.393 e. The number of carbonyl (C=O) groups is 1. The first-order chi connectivity index (χ1) is 12.5. The molecule has 1 unspecified atom stereocenters. The van der Waals surface area contributed by atoms with Crippen molar-refractivity contribution < 1.29 is 14.3 Å². The molecule has 142 valence electrons. The molecule has 3 fully saturated rings. The van der Waals surface area contributed by atoms with Crippen LogP contribution in [0, 0.1) is 18.2 Å². The Hall–Kier alpha value is -1.62. The summed E-state index contributed by atoms with van der Waals surface area (Å²) < 4.78 is 13.5. The van der Waals surface area contributed by atoms with E-state index >= 15 is 0 Å². The highest BCUT2D eigenvalue weighted by Crippen LogP contribution is 2.43. The zero-order valence-corrected chi connectivity index (χ0v) is 15.6. The molecule has 0 aromatic heterocycles. The van der Waals surface area contributed by atoms with Gasteiger partial charge in [-0.25, -0.2) is 4.39 Å². The summed E-state index contributed by atoms with van der Waals surface area (Å²) in [5.74, 6) is 0.101. The Balaban J connectivity index is 1.50. The first kappa shape index (κ1) is 17.8. The second-order valence-electron chi connectivity index (χ2n) is 8.45.